The van der Waals surface area contributed by atoms with Crippen LogP contribution in [0.4, 0.5) is 0 Å². The van der Waals surface area contributed by atoms with Gasteiger partial charge in [-0.05, 0) is 17.5 Å². The van der Waals surface area contributed by atoms with Crippen molar-refractivity contribution >= 4 is 11.8 Å². The molecule has 5 heteroatoms. The fraction of sp³-hybridized carbons (Fsp3) is 0.500. The number of nitrogens with one attached hydrogen (secondary N) is 2. The topological polar surface area (TPSA) is 84.2 Å². The van der Waals surface area contributed by atoms with Crippen LogP contribution in [0.25, 0.3) is 0 Å². The quantitative estimate of drug-likeness (QED) is 0.692. The van der Waals surface area contributed by atoms with Gasteiger partial charge in [-0.2, -0.15) is 0 Å². The van der Waals surface area contributed by atoms with Crippen LogP contribution in [0.2, 0.25) is 0 Å². The van der Waals surface area contributed by atoms with Crippen molar-refractivity contribution in [1.29, 1.82) is 0 Å². The molecule has 0 unspecified atom stereocenters. The molecule has 0 spiro atoms. The lowest BCUT2D eigenvalue weighted by Crippen LogP contribution is -2.43. The van der Waals surface area contributed by atoms with Gasteiger partial charge < -0.3 is 16.4 Å². The van der Waals surface area contributed by atoms with E-state index in [0.29, 0.717) is 6.54 Å². The number of rotatable bonds is 7. The van der Waals surface area contributed by atoms with Gasteiger partial charge in [-0.3, -0.25) is 9.59 Å². The number of nitrogens with two attached hydrogens (primary N) is 1. The lowest BCUT2D eigenvalue weighted by atomic mass is 9.84. The summed E-state index contributed by atoms with van der Waals surface area (Å²) in [6.07, 6.45) is 1.01. The highest BCUT2D eigenvalue weighted by atomic mass is 16.2. The minimum Gasteiger partial charge on any atom is -0.354 e. The zero-order valence-corrected chi connectivity index (χ0v) is 13.0. The Morgan fingerprint density at radius 1 is 1.10 bits per heavy atom. The maximum atomic E-state index is 11.7. The highest BCUT2D eigenvalue weighted by Gasteiger charge is 2.21. The largest absolute Gasteiger partial charge is 0.354 e. The van der Waals surface area contributed by atoms with Crippen molar-refractivity contribution in [2.45, 2.75) is 32.6 Å². The lowest BCUT2D eigenvalue weighted by Gasteiger charge is -2.26. The van der Waals surface area contributed by atoms with E-state index in [1.165, 1.54) is 11.1 Å². The first kappa shape index (κ1) is 17.2. The van der Waals surface area contributed by atoms with E-state index in [0.717, 1.165) is 6.42 Å². The maximum Gasteiger partial charge on any atom is 0.239 e. The van der Waals surface area contributed by atoms with Gasteiger partial charge in [0.15, 0.2) is 0 Å². The molecule has 5 nitrogen and oxygen atoms in total. The highest BCUT2D eigenvalue weighted by molar-refractivity contribution is 5.85. The second-order valence-corrected chi connectivity index (χ2v) is 5.69. The Hall–Kier alpha value is -1.88. The number of hydrogen-bond acceptors (Lipinski definition) is 3. The van der Waals surface area contributed by atoms with Crippen molar-refractivity contribution in [3.05, 3.63) is 35.4 Å². The first-order chi connectivity index (χ1) is 9.89. The van der Waals surface area contributed by atoms with Gasteiger partial charge in [-0.25, -0.2) is 0 Å². The van der Waals surface area contributed by atoms with Crippen molar-refractivity contribution in [2.24, 2.45) is 5.73 Å². The summed E-state index contributed by atoms with van der Waals surface area (Å²) in [6.45, 7) is 6.63. The summed E-state index contributed by atoms with van der Waals surface area (Å²) in [6, 6.07) is 8.42. The fourth-order valence-corrected chi connectivity index (χ4v) is 1.93. The van der Waals surface area contributed by atoms with Crippen molar-refractivity contribution in [3.63, 3.8) is 0 Å². The molecule has 4 N–H and O–H groups in total. The predicted molar refractivity (Wildman–Crippen MR) is 83.9 cm³/mol. The van der Waals surface area contributed by atoms with Gasteiger partial charge in [0.2, 0.25) is 11.8 Å². The molecule has 0 radical (unpaired) electrons. The number of amides is 2. The molecule has 116 valence electrons. The molecule has 0 aliphatic rings. The summed E-state index contributed by atoms with van der Waals surface area (Å²) >= 11 is 0. The number of hydrogen-bond donors (Lipinski definition) is 3. The van der Waals surface area contributed by atoms with E-state index in [4.69, 9.17) is 5.73 Å². The predicted octanol–water partition coefficient (Wildman–Crippen LogP) is 0.718. The molecular formula is C16H25N3O2. The number of benzene rings is 1. The van der Waals surface area contributed by atoms with Crippen molar-refractivity contribution < 1.29 is 9.59 Å². The van der Waals surface area contributed by atoms with E-state index in [2.05, 4.69) is 55.7 Å². The number of carbonyl (C=O) groups excluding carboxylic acids is 2. The first-order valence-corrected chi connectivity index (χ1v) is 7.22. The second-order valence-electron chi connectivity index (χ2n) is 5.69. The van der Waals surface area contributed by atoms with Crippen molar-refractivity contribution in [2.75, 3.05) is 19.6 Å². The molecule has 0 fully saturated rings. The average Bonchev–Trinajstić information content (AvgIpc) is 2.50. The monoisotopic (exact) mass is 291 g/mol. The summed E-state index contributed by atoms with van der Waals surface area (Å²) in [5.74, 6) is -0.547. The van der Waals surface area contributed by atoms with Crippen molar-refractivity contribution in [1.82, 2.24) is 10.6 Å². The molecule has 1 rings (SSSR count). The third-order valence-corrected chi connectivity index (χ3v) is 3.50. The number of carbonyl (C=O) groups is 2. The Morgan fingerprint density at radius 2 is 1.71 bits per heavy atom. The molecule has 1 aromatic carbocycles. The van der Waals surface area contributed by atoms with Crippen LogP contribution in [0.3, 0.4) is 0 Å². The van der Waals surface area contributed by atoms with Gasteiger partial charge in [-0.1, -0.05) is 45.0 Å². The second kappa shape index (κ2) is 7.78. The van der Waals surface area contributed by atoms with Crippen LogP contribution in [-0.2, 0) is 21.4 Å². The van der Waals surface area contributed by atoms with E-state index >= 15 is 0 Å². The Balaban J connectivity index is 2.51. The molecule has 0 bridgehead atoms. The molecule has 0 saturated heterocycles. The Morgan fingerprint density at radius 3 is 2.24 bits per heavy atom. The van der Waals surface area contributed by atoms with Crippen molar-refractivity contribution in [3.8, 4) is 0 Å². The van der Waals surface area contributed by atoms with Gasteiger partial charge in [-0.15, -0.1) is 0 Å². The first-order valence-electron chi connectivity index (χ1n) is 7.22. The molecular weight excluding hydrogens is 266 g/mol. The van der Waals surface area contributed by atoms with E-state index < -0.39 is 0 Å². The third kappa shape index (κ3) is 5.55. The molecule has 0 aliphatic carbocycles. The molecule has 0 aromatic heterocycles. The fourth-order valence-electron chi connectivity index (χ4n) is 1.93. The van der Waals surface area contributed by atoms with Crippen LogP contribution >= 0.6 is 0 Å². The van der Waals surface area contributed by atoms with E-state index in [1.807, 2.05) is 0 Å². The Kier molecular flexibility index (Phi) is 6.37. The van der Waals surface area contributed by atoms with Gasteiger partial charge >= 0.3 is 0 Å². The van der Waals surface area contributed by atoms with Crippen LogP contribution in [0, 0.1) is 0 Å². The van der Waals surface area contributed by atoms with Crippen LogP contribution in [0.5, 0.6) is 0 Å². The Labute approximate surface area is 126 Å². The third-order valence-electron chi connectivity index (χ3n) is 3.50. The van der Waals surface area contributed by atoms with E-state index in [9.17, 15) is 9.59 Å². The number of aryl methyl sites for hydroxylation is 1. The smallest absolute Gasteiger partial charge is 0.239 e. The maximum absolute atomic E-state index is 11.7. The normalized spacial score (nSPS) is 11.0. The minimum absolute atomic E-state index is 0.0408. The summed E-state index contributed by atoms with van der Waals surface area (Å²) in [5, 5.41) is 5.28. The van der Waals surface area contributed by atoms with Gasteiger partial charge in [0, 0.05) is 12.0 Å². The molecule has 0 saturated carbocycles. The molecule has 2 amide bonds. The summed E-state index contributed by atoms with van der Waals surface area (Å²) in [4.78, 5) is 22.7. The molecule has 0 aliphatic heterocycles. The molecule has 21 heavy (non-hydrogen) atoms. The summed E-state index contributed by atoms with van der Waals surface area (Å²) in [7, 11) is 0. The SMILES string of the molecule is CCc1ccc(C(C)(C)CNC(=O)CNC(=O)CN)cc1. The molecule has 0 heterocycles. The van der Waals surface area contributed by atoms with E-state index in [-0.39, 0.29) is 30.3 Å². The average molecular weight is 291 g/mol. The lowest BCUT2D eigenvalue weighted by molar-refractivity contribution is -0.125. The molecule has 0 atom stereocenters. The highest BCUT2D eigenvalue weighted by Crippen LogP contribution is 2.22. The summed E-state index contributed by atoms with van der Waals surface area (Å²) < 4.78 is 0. The zero-order valence-electron chi connectivity index (χ0n) is 13.0. The summed E-state index contributed by atoms with van der Waals surface area (Å²) in [5.41, 5.74) is 7.46. The standard InChI is InChI=1S/C16H25N3O2/c1-4-12-5-7-13(8-6-12)16(2,3)11-19-15(21)10-18-14(20)9-17/h5-8H,4,9-11,17H2,1-3H3,(H,18,20)(H,19,21). The minimum atomic E-state index is -0.334. The van der Waals surface area contributed by atoms with Crippen LogP contribution in [-0.4, -0.2) is 31.4 Å². The van der Waals surface area contributed by atoms with Gasteiger partial charge in [0.1, 0.15) is 0 Å². The van der Waals surface area contributed by atoms with Crippen LogP contribution < -0.4 is 16.4 Å². The van der Waals surface area contributed by atoms with Gasteiger partial charge in [0.05, 0.1) is 13.1 Å². The van der Waals surface area contributed by atoms with Crippen LogP contribution in [0.1, 0.15) is 31.9 Å². The zero-order chi connectivity index (χ0) is 15.9. The Bertz CT molecular complexity index is 481. The van der Waals surface area contributed by atoms with Gasteiger partial charge in [0.25, 0.3) is 0 Å². The molecule has 1 aromatic rings. The van der Waals surface area contributed by atoms with Crippen LogP contribution in [0.15, 0.2) is 24.3 Å². The van der Waals surface area contributed by atoms with E-state index in [1.54, 1.807) is 0 Å².